The van der Waals surface area contributed by atoms with Crippen molar-refractivity contribution in [2.24, 2.45) is 5.92 Å². The van der Waals surface area contributed by atoms with Crippen LogP contribution in [0.3, 0.4) is 0 Å². The Kier molecular flexibility index (Phi) is 5.60. The van der Waals surface area contributed by atoms with E-state index in [1.807, 2.05) is 11.3 Å². The van der Waals surface area contributed by atoms with Crippen molar-refractivity contribution >= 4 is 11.3 Å². The zero-order chi connectivity index (χ0) is 15.4. The number of rotatable bonds is 6. The van der Waals surface area contributed by atoms with Gasteiger partial charge >= 0.3 is 0 Å². The standard InChI is InChI=1S/C19H27NS/c1-13(2)12-17-7-9-18(10-8-17)15(4)20-16(5)19-11-6-14(3)21-19/h6-11,13,15-16,20H,12H2,1-5H3. The molecule has 1 nitrogen and oxygen atoms in total. The summed E-state index contributed by atoms with van der Waals surface area (Å²) >= 11 is 1.88. The maximum atomic E-state index is 3.70. The molecule has 0 aliphatic heterocycles. The summed E-state index contributed by atoms with van der Waals surface area (Å²) in [4.78, 5) is 2.79. The number of hydrogen-bond acceptors (Lipinski definition) is 2. The van der Waals surface area contributed by atoms with Crippen LogP contribution in [0.25, 0.3) is 0 Å². The topological polar surface area (TPSA) is 12.0 Å². The van der Waals surface area contributed by atoms with E-state index in [2.05, 4.69) is 76.3 Å². The normalized spacial score (nSPS) is 14.4. The minimum absolute atomic E-state index is 0.371. The van der Waals surface area contributed by atoms with E-state index < -0.39 is 0 Å². The average molecular weight is 301 g/mol. The van der Waals surface area contributed by atoms with Crippen molar-refractivity contribution in [1.82, 2.24) is 5.32 Å². The largest absolute Gasteiger partial charge is 0.303 e. The van der Waals surface area contributed by atoms with E-state index in [1.54, 1.807) is 0 Å². The Balaban J connectivity index is 1.98. The van der Waals surface area contributed by atoms with Crippen molar-refractivity contribution in [2.75, 3.05) is 0 Å². The molecule has 2 heteroatoms. The second-order valence-electron chi connectivity index (χ2n) is 6.40. The summed E-state index contributed by atoms with van der Waals surface area (Å²) < 4.78 is 0. The highest BCUT2D eigenvalue weighted by Gasteiger charge is 2.12. The van der Waals surface area contributed by atoms with Gasteiger partial charge < -0.3 is 5.32 Å². The third-order valence-corrected chi connectivity index (χ3v) is 4.99. The molecule has 0 aliphatic rings. The fourth-order valence-electron chi connectivity index (χ4n) is 2.65. The van der Waals surface area contributed by atoms with E-state index in [4.69, 9.17) is 0 Å². The predicted molar refractivity (Wildman–Crippen MR) is 94.0 cm³/mol. The van der Waals surface area contributed by atoms with Crippen LogP contribution in [0.1, 0.15) is 60.7 Å². The maximum Gasteiger partial charge on any atom is 0.0391 e. The summed E-state index contributed by atoms with van der Waals surface area (Å²) in [6.45, 7) is 11.2. The molecule has 2 atom stereocenters. The molecular formula is C19H27NS. The van der Waals surface area contributed by atoms with Crippen molar-refractivity contribution in [3.8, 4) is 0 Å². The first kappa shape index (κ1) is 16.3. The van der Waals surface area contributed by atoms with Gasteiger partial charge in [0.15, 0.2) is 0 Å². The van der Waals surface area contributed by atoms with Gasteiger partial charge in [-0.1, -0.05) is 38.1 Å². The molecule has 1 N–H and O–H groups in total. The van der Waals surface area contributed by atoms with Crippen LogP contribution in [-0.4, -0.2) is 0 Å². The minimum Gasteiger partial charge on any atom is -0.303 e. The number of nitrogens with one attached hydrogen (secondary N) is 1. The number of thiophene rings is 1. The van der Waals surface area contributed by atoms with Gasteiger partial charge in [-0.25, -0.2) is 0 Å². The van der Waals surface area contributed by atoms with Gasteiger partial charge in [-0.3, -0.25) is 0 Å². The molecule has 0 saturated heterocycles. The van der Waals surface area contributed by atoms with E-state index in [9.17, 15) is 0 Å². The Labute approximate surface area is 133 Å². The first-order chi connectivity index (χ1) is 9.95. The van der Waals surface area contributed by atoms with Crippen molar-refractivity contribution < 1.29 is 0 Å². The van der Waals surface area contributed by atoms with Gasteiger partial charge in [0.2, 0.25) is 0 Å². The highest BCUT2D eigenvalue weighted by molar-refractivity contribution is 7.12. The van der Waals surface area contributed by atoms with Crippen LogP contribution < -0.4 is 5.32 Å². The fraction of sp³-hybridized carbons (Fsp3) is 0.474. The van der Waals surface area contributed by atoms with Gasteiger partial charge in [0.1, 0.15) is 0 Å². The second kappa shape index (κ2) is 7.24. The van der Waals surface area contributed by atoms with Crippen LogP contribution in [0.5, 0.6) is 0 Å². The molecule has 0 aliphatic carbocycles. The maximum absolute atomic E-state index is 3.70. The van der Waals surface area contributed by atoms with Gasteiger partial charge in [0, 0.05) is 21.8 Å². The molecule has 2 aromatic rings. The van der Waals surface area contributed by atoms with E-state index in [-0.39, 0.29) is 0 Å². The minimum atomic E-state index is 0.371. The molecule has 21 heavy (non-hydrogen) atoms. The molecule has 1 heterocycles. The molecule has 2 unspecified atom stereocenters. The molecule has 0 saturated carbocycles. The van der Waals surface area contributed by atoms with Crippen LogP contribution in [0.15, 0.2) is 36.4 Å². The molecule has 0 amide bonds. The fourth-order valence-corrected chi connectivity index (χ4v) is 3.54. The van der Waals surface area contributed by atoms with Crippen LogP contribution in [-0.2, 0) is 6.42 Å². The van der Waals surface area contributed by atoms with Crippen molar-refractivity contribution in [3.05, 3.63) is 57.3 Å². The smallest absolute Gasteiger partial charge is 0.0391 e. The summed E-state index contributed by atoms with van der Waals surface area (Å²) in [7, 11) is 0. The van der Waals surface area contributed by atoms with E-state index in [0.29, 0.717) is 18.0 Å². The van der Waals surface area contributed by atoms with E-state index >= 15 is 0 Å². The number of benzene rings is 1. The third kappa shape index (κ3) is 4.69. The first-order valence-electron chi connectivity index (χ1n) is 7.87. The molecule has 114 valence electrons. The SMILES string of the molecule is Cc1ccc(C(C)NC(C)c2ccc(CC(C)C)cc2)s1. The Morgan fingerprint density at radius 2 is 1.57 bits per heavy atom. The quantitative estimate of drug-likeness (QED) is 0.725. The molecule has 0 fully saturated rings. The summed E-state index contributed by atoms with van der Waals surface area (Å²) in [5, 5.41) is 3.70. The zero-order valence-electron chi connectivity index (χ0n) is 13.8. The second-order valence-corrected chi connectivity index (χ2v) is 7.72. The number of aryl methyl sites for hydroxylation is 1. The Morgan fingerprint density at radius 3 is 2.10 bits per heavy atom. The molecular weight excluding hydrogens is 274 g/mol. The van der Waals surface area contributed by atoms with E-state index in [0.717, 1.165) is 6.42 Å². The highest BCUT2D eigenvalue weighted by Crippen LogP contribution is 2.25. The predicted octanol–water partition coefficient (Wildman–Crippen LogP) is 5.67. The summed E-state index contributed by atoms with van der Waals surface area (Å²) in [6.07, 6.45) is 1.16. The van der Waals surface area contributed by atoms with Crippen LogP contribution in [0, 0.1) is 12.8 Å². The summed E-state index contributed by atoms with van der Waals surface area (Å²) in [5.41, 5.74) is 2.80. The number of hydrogen-bond donors (Lipinski definition) is 1. The average Bonchev–Trinajstić information content (AvgIpc) is 2.85. The lowest BCUT2D eigenvalue weighted by Gasteiger charge is -2.20. The molecule has 0 spiro atoms. The lowest BCUT2D eigenvalue weighted by Crippen LogP contribution is -2.21. The molecule has 0 bridgehead atoms. The summed E-state index contributed by atoms with van der Waals surface area (Å²) in [6, 6.07) is 14.3. The van der Waals surface area contributed by atoms with Crippen molar-refractivity contribution in [2.45, 2.75) is 53.1 Å². The van der Waals surface area contributed by atoms with Crippen LogP contribution in [0.2, 0.25) is 0 Å². The van der Waals surface area contributed by atoms with Gasteiger partial charge in [0.05, 0.1) is 0 Å². The van der Waals surface area contributed by atoms with Gasteiger partial charge in [-0.15, -0.1) is 11.3 Å². The van der Waals surface area contributed by atoms with Gasteiger partial charge in [-0.2, -0.15) is 0 Å². The monoisotopic (exact) mass is 301 g/mol. The summed E-state index contributed by atoms with van der Waals surface area (Å²) in [5.74, 6) is 0.716. The molecule has 0 radical (unpaired) electrons. The Morgan fingerprint density at radius 1 is 0.905 bits per heavy atom. The van der Waals surface area contributed by atoms with Gasteiger partial charge in [-0.05, 0) is 56.4 Å². The first-order valence-corrected chi connectivity index (χ1v) is 8.68. The van der Waals surface area contributed by atoms with Crippen LogP contribution in [0.4, 0.5) is 0 Å². The van der Waals surface area contributed by atoms with Crippen LogP contribution >= 0.6 is 11.3 Å². The molecule has 2 rings (SSSR count). The van der Waals surface area contributed by atoms with Gasteiger partial charge in [0.25, 0.3) is 0 Å². The lowest BCUT2D eigenvalue weighted by molar-refractivity contribution is 0.500. The highest BCUT2D eigenvalue weighted by atomic mass is 32.1. The Hall–Kier alpha value is -1.12. The van der Waals surface area contributed by atoms with Crippen molar-refractivity contribution in [3.63, 3.8) is 0 Å². The zero-order valence-corrected chi connectivity index (χ0v) is 14.6. The lowest BCUT2D eigenvalue weighted by atomic mass is 9.99. The van der Waals surface area contributed by atoms with E-state index in [1.165, 1.54) is 20.9 Å². The Bertz CT molecular complexity index is 553. The van der Waals surface area contributed by atoms with Crippen molar-refractivity contribution in [1.29, 1.82) is 0 Å². The molecule has 1 aromatic heterocycles. The third-order valence-electron chi connectivity index (χ3n) is 3.81. The molecule has 1 aromatic carbocycles.